The summed E-state index contributed by atoms with van der Waals surface area (Å²) >= 11 is 0. The Balaban J connectivity index is 1.38. The summed E-state index contributed by atoms with van der Waals surface area (Å²) in [5.74, 6) is -1.28. The number of aliphatic hydroxyl groups excluding tert-OH is 1. The van der Waals surface area contributed by atoms with Crippen LogP contribution in [0.1, 0.15) is 76.3 Å². The first kappa shape index (κ1) is 31.3. The summed E-state index contributed by atoms with van der Waals surface area (Å²) < 4.78 is 0. The van der Waals surface area contributed by atoms with Crippen molar-refractivity contribution >= 4 is 23.8 Å². The van der Waals surface area contributed by atoms with Crippen LogP contribution in [-0.2, 0) is 27.3 Å². The lowest BCUT2D eigenvalue weighted by atomic mass is 9.85. The highest BCUT2D eigenvalue weighted by atomic mass is 16.4. The molecule has 43 heavy (non-hydrogen) atoms. The second-order valence-electron chi connectivity index (χ2n) is 12.9. The minimum atomic E-state index is -1.39. The fourth-order valence-electron chi connectivity index (χ4n) is 7.11. The summed E-state index contributed by atoms with van der Waals surface area (Å²) in [6, 6.07) is 5.50. The molecule has 4 N–H and O–H groups in total. The first-order chi connectivity index (χ1) is 20.7. The molecule has 5 rings (SSSR count). The van der Waals surface area contributed by atoms with Crippen molar-refractivity contribution in [3.8, 4) is 0 Å². The minimum Gasteiger partial charge on any atom is -0.465 e. The largest absolute Gasteiger partial charge is 0.465 e. The van der Waals surface area contributed by atoms with Gasteiger partial charge in [0.2, 0.25) is 11.8 Å². The monoisotopic (exact) mass is 597 g/mol. The van der Waals surface area contributed by atoms with Gasteiger partial charge in [-0.2, -0.15) is 0 Å². The number of piperidine rings is 1. The standard InChI is InChI=1S/C32H47N5O6/c1-3-9-25(28(38)30(40)33-24-12-13-24)34-29(39)27-17-23(19-36(27)31(41)20(2)35-14-7-4-8-15-35)26-16-21-10-5-6-11-22(21)18-37(26)32(42)43/h5-6,10-11,20,23-28,38H,3-4,7-9,12-19H2,1-2H3,(H,33,40)(H,34,39)(H,42,43)/t20?,23?,25?,26-,27+,28?/m1/s1. The molecule has 1 saturated carbocycles. The van der Waals surface area contributed by atoms with E-state index in [-0.39, 0.29) is 37.0 Å². The number of benzene rings is 1. The van der Waals surface area contributed by atoms with Gasteiger partial charge in [0, 0.05) is 25.2 Å². The van der Waals surface area contributed by atoms with Crippen molar-refractivity contribution in [1.29, 1.82) is 0 Å². The van der Waals surface area contributed by atoms with Crippen molar-refractivity contribution in [1.82, 2.24) is 25.3 Å². The van der Waals surface area contributed by atoms with Crippen LogP contribution in [0.25, 0.3) is 0 Å². The van der Waals surface area contributed by atoms with Crippen LogP contribution in [0.3, 0.4) is 0 Å². The lowest BCUT2D eigenvalue weighted by Gasteiger charge is -2.38. The van der Waals surface area contributed by atoms with E-state index in [0.717, 1.165) is 56.3 Å². The molecule has 1 aromatic rings. The first-order valence-electron chi connectivity index (χ1n) is 16.1. The SMILES string of the molecule is CCCC(NC(=O)[C@@H]1CC([C@H]2Cc3ccccc3CN2C(=O)O)CN1C(=O)C(C)N1CCCCC1)C(O)C(=O)NC1CC1. The maximum Gasteiger partial charge on any atom is 0.407 e. The van der Waals surface area contributed by atoms with E-state index >= 15 is 0 Å². The zero-order valence-electron chi connectivity index (χ0n) is 25.4. The van der Waals surface area contributed by atoms with Gasteiger partial charge in [-0.1, -0.05) is 44.0 Å². The normalized spacial score (nSPS) is 26.3. The Morgan fingerprint density at radius 3 is 2.37 bits per heavy atom. The third-order valence-corrected chi connectivity index (χ3v) is 9.79. The number of rotatable bonds is 10. The highest BCUT2D eigenvalue weighted by Crippen LogP contribution is 2.35. The van der Waals surface area contributed by atoms with E-state index < -0.39 is 42.1 Å². The van der Waals surface area contributed by atoms with Crippen LogP contribution >= 0.6 is 0 Å². The molecule has 1 aromatic carbocycles. The first-order valence-corrected chi connectivity index (χ1v) is 16.1. The molecule has 4 amide bonds. The Morgan fingerprint density at radius 1 is 1.02 bits per heavy atom. The highest BCUT2D eigenvalue weighted by molar-refractivity contribution is 5.91. The second kappa shape index (κ2) is 13.6. The van der Waals surface area contributed by atoms with Crippen LogP contribution in [0.2, 0.25) is 0 Å². The molecule has 2 saturated heterocycles. The number of amides is 4. The molecule has 0 radical (unpaired) electrons. The summed E-state index contributed by atoms with van der Waals surface area (Å²) in [6.45, 7) is 6.01. The topological polar surface area (TPSA) is 143 Å². The van der Waals surface area contributed by atoms with Crippen LogP contribution in [0, 0.1) is 5.92 Å². The average molecular weight is 598 g/mol. The lowest BCUT2D eigenvalue weighted by molar-refractivity contribution is -0.143. The number of nitrogens with zero attached hydrogens (tertiary/aromatic N) is 3. The van der Waals surface area contributed by atoms with Crippen molar-refractivity contribution in [3.05, 3.63) is 35.4 Å². The molecule has 4 unspecified atom stereocenters. The Bertz CT molecular complexity index is 1180. The van der Waals surface area contributed by atoms with Gasteiger partial charge in [0.05, 0.1) is 12.1 Å². The van der Waals surface area contributed by atoms with E-state index in [1.54, 1.807) is 4.90 Å². The van der Waals surface area contributed by atoms with Crippen LogP contribution in [0.5, 0.6) is 0 Å². The summed E-state index contributed by atoms with van der Waals surface area (Å²) in [4.78, 5) is 58.3. The average Bonchev–Trinajstić information content (AvgIpc) is 3.72. The van der Waals surface area contributed by atoms with Gasteiger partial charge in [0.25, 0.3) is 5.91 Å². The maximum atomic E-state index is 14.0. The Hall–Kier alpha value is -3.18. The van der Waals surface area contributed by atoms with Gasteiger partial charge in [0.15, 0.2) is 6.10 Å². The zero-order chi connectivity index (χ0) is 30.7. The van der Waals surface area contributed by atoms with Gasteiger partial charge < -0.3 is 30.6 Å². The van der Waals surface area contributed by atoms with Gasteiger partial charge in [0.1, 0.15) is 6.04 Å². The van der Waals surface area contributed by atoms with Crippen molar-refractivity contribution < 1.29 is 29.4 Å². The van der Waals surface area contributed by atoms with E-state index in [1.807, 2.05) is 38.1 Å². The molecular weight excluding hydrogens is 550 g/mol. The molecule has 3 fully saturated rings. The minimum absolute atomic E-state index is 0.0814. The van der Waals surface area contributed by atoms with Crippen molar-refractivity contribution in [2.24, 2.45) is 5.92 Å². The highest BCUT2D eigenvalue weighted by Gasteiger charge is 2.48. The van der Waals surface area contributed by atoms with E-state index in [1.165, 1.54) is 4.90 Å². The third kappa shape index (κ3) is 7.15. The number of carboxylic acid groups (broad SMARTS) is 1. The van der Waals surface area contributed by atoms with Gasteiger partial charge in [-0.05, 0) is 82.0 Å². The fraction of sp³-hybridized carbons (Fsp3) is 0.688. The van der Waals surface area contributed by atoms with Gasteiger partial charge in [-0.25, -0.2) is 4.79 Å². The zero-order valence-corrected chi connectivity index (χ0v) is 25.4. The summed E-state index contributed by atoms with van der Waals surface area (Å²) in [6.07, 6.45) is 4.44. The maximum absolute atomic E-state index is 14.0. The second-order valence-corrected chi connectivity index (χ2v) is 12.9. The molecule has 3 aliphatic heterocycles. The molecule has 0 aromatic heterocycles. The molecule has 3 heterocycles. The lowest BCUT2D eigenvalue weighted by Crippen LogP contribution is -2.57. The number of carbonyl (C=O) groups excluding carboxylic acids is 3. The smallest absolute Gasteiger partial charge is 0.407 e. The molecular formula is C32H47N5O6. The van der Waals surface area contributed by atoms with Gasteiger partial charge in [-0.3, -0.25) is 19.3 Å². The van der Waals surface area contributed by atoms with Crippen LogP contribution < -0.4 is 10.6 Å². The number of hydrogen-bond acceptors (Lipinski definition) is 6. The van der Waals surface area contributed by atoms with E-state index in [4.69, 9.17) is 0 Å². The molecule has 4 aliphatic rings. The van der Waals surface area contributed by atoms with E-state index in [9.17, 15) is 29.4 Å². The number of nitrogens with one attached hydrogen (secondary N) is 2. The van der Waals surface area contributed by atoms with Crippen molar-refractivity contribution in [2.75, 3.05) is 19.6 Å². The number of aliphatic hydroxyl groups is 1. The molecule has 0 bridgehead atoms. The van der Waals surface area contributed by atoms with E-state index in [0.29, 0.717) is 25.7 Å². The Kier molecular flexibility index (Phi) is 9.91. The molecule has 236 valence electrons. The molecule has 6 atom stereocenters. The number of fused-ring (bicyclic) bond motifs is 1. The molecule has 1 aliphatic carbocycles. The van der Waals surface area contributed by atoms with Crippen LogP contribution in [-0.4, -0.2) is 105 Å². The predicted octanol–water partition coefficient (Wildman–Crippen LogP) is 2.11. The number of likely N-dealkylation sites (tertiary alicyclic amines) is 2. The quantitative estimate of drug-likeness (QED) is 0.324. The van der Waals surface area contributed by atoms with E-state index in [2.05, 4.69) is 15.5 Å². The predicted molar refractivity (Wildman–Crippen MR) is 160 cm³/mol. The molecule has 11 nitrogen and oxygen atoms in total. The van der Waals surface area contributed by atoms with Crippen molar-refractivity contribution in [3.63, 3.8) is 0 Å². The summed E-state index contributed by atoms with van der Waals surface area (Å²) in [5.41, 5.74) is 2.06. The van der Waals surface area contributed by atoms with Gasteiger partial charge in [-0.15, -0.1) is 0 Å². The Morgan fingerprint density at radius 2 is 1.72 bits per heavy atom. The fourth-order valence-corrected chi connectivity index (χ4v) is 7.11. The Labute approximate surface area is 254 Å². The number of hydrogen-bond donors (Lipinski definition) is 4. The van der Waals surface area contributed by atoms with Crippen LogP contribution in [0.4, 0.5) is 4.79 Å². The molecule has 11 heteroatoms. The van der Waals surface area contributed by atoms with Gasteiger partial charge >= 0.3 is 6.09 Å². The summed E-state index contributed by atoms with van der Waals surface area (Å²) in [5, 5.41) is 26.8. The number of carbonyl (C=O) groups is 4. The van der Waals surface area contributed by atoms with Crippen LogP contribution in [0.15, 0.2) is 24.3 Å². The third-order valence-electron chi connectivity index (χ3n) is 9.79. The summed E-state index contributed by atoms with van der Waals surface area (Å²) in [7, 11) is 0. The van der Waals surface area contributed by atoms with Crippen molar-refractivity contribution in [2.45, 2.75) is 114 Å². The molecule has 0 spiro atoms.